The molecule has 0 aliphatic rings. The topological polar surface area (TPSA) is 172 Å². The van der Waals surface area contributed by atoms with Crippen LogP contribution in [0.4, 0.5) is 0 Å². The Morgan fingerprint density at radius 3 is 0.667 bits per heavy atom. The zero-order valence-electron chi connectivity index (χ0n) is 5.15. The van der Waals surface area contributed by atoms with Crippen LogP contribution in [0, 0.1) is 0 Å². The van der Waals surface area contributed by atoms with Crippen LogP contribution in [0.1, 0.15) is 0 Å². The Balaban J connectivity index is -0.0000000457. The van der Waals surface area contributed by atoms with Gasteiger partial charge in [0.2, 0.25) is 0 Å². The fourth-order valence-electron chi connectivity index (χ4n) is 0. The van der Waals surface area contributed by atoms with Gasteiger partial charge < -0.3 is 38.5 Å². The molecule has 0 saturated heterocycles. The molecular formula is AlMoO8P2. The molecule has 0 amide bonds. The van der Waals surface area contributed by atoms with Gasteiger partial charge in [-0.15, -0.1) is 0 Å². The molecule has 0 fully saturated rings. The Kier molecular flexibility index (Phi) is 17.5. The fraction of sp³-hybridized carbons (Fsp3) is 0. The van der Waals surface area contributed by atoms with E-state index < -0.39 is 15.6 Å². The molecule has 0 aromatic rings. The van der Waals surface area contributed by atoms with E-state index in [-0.39, 0.29) is 38.4 Å². The summed E-state index contributed by atoms with van der Waals surface area (Å²) >= 11 is 0. The molecule has 8 nitrogen and oxygen atoms in total. The van der Waals surface area contributed by atoms with E-state index in [1.807, 2.05) is 0 Å². The van der Waals surface area contributed by atoms with Crippen LogP contribution in [-0.4, -0.2) is 17.4 Å². The van der Waals surface area contributed by atoms with Crippen molar-refractivity contribution in [2.45, 2.75) is 0 Å². The Bertz CT molecular complexity index is 129. The average Bonchev–Trinajstić information content (AvgIpc) is 1.12. The summed E-state index contributed by atoms with van der Waals surface area (Å²) in [6.07, 6.45) is 0. The standard InChI is InChI=1S/Al.Mo.2H3O4P/c;;2*1-5(2,3)4/h;;2*(H3,1,2,3,4)/q;+6;;/p-6. The average molecular weight is 313 g/mol. The van der Waals surface area contributed by atoms with Gasteiger partial charge in [-0.05, 0) is 0 Å². The molecule has 0 aliphatic heterocycles. The number of rotatable bonds is 0. The summed E-state index contributed by atoms with van der Waals surface area (Å²) in [6, 6.07) is 0. The van der Waals surface area contributed by atoms with E-state index in [4.69, 9.17) is 38.5 Å². The molecule has 0 N–H and O–H groups in total. The normalized spacial score (nSPS) is 9.83. The Hall–Kier alpha value is 1.44. The van der Waals surface area contributed by atoms with Crippen LogP contribution >= 0.6 is 15.6 Å². The maximum absolute atomic E-state index is 8.55. The second-order valence-corrected chi connectivity index (χ2v) is 2.68. The van der Waals surface area contributed by atoms with Crippen molar-refractivity contribution in [2.24, 2.45) is 0 Å². The zero-order chi connectivity index (χ0) is 9.00. The maximum atomic E-state index is 8.55. The summed E-state index contributed by atoms with van der Waals surface area (Å²) < 4.78 is 17.1. The molecule has 0 aromatic carbocycles. The molecule has 0 heterocycles. The molecule has 0 atom stereocenters. The zero-order valence-corrected chi connectivity index (χ0v) is 10.1. The summed E-state index contributed by atoms with van der Waals surface area (Å²) in [5.41, 5.74) is 0. The van der Waals surface area contributed by atoms with Crippen molar-refractivity contribution in [1.29, 1.82) is 0 Å². The van der Waals surface area contributed by atoms with Crippen LogP contribution in [0.3, 0.4) is 0 Å². The SMILES string of the molecule is O=P([O-])([O-])[O-].O=P([O-])([O-])[O-].[Al].[Mo+6]. The first kappa shape index (κ1) is 23.3. The Morgan fingerprint density at radius 1 is 0.667 bits per heavy atom. The Labute approximate surface area is 92.5 Å². The summed E-state index contributed by atoms with van der Waals surface area (Å²) in [5, 5.41) is 0. The third-order valence-corrected chi connectivity index (χ3v) is 0. The number of phosphoric acid groups is 2. The molecule has 0 unspecified atom stereocenters. The van der Waals surface area contributed by atoms with Gasteiger partial charge in [0, 0.05) is 17.4 Å². The van der Waals surface area contributed by atoms with Crippen molar-refractivity contribution in [3.8, 4) is 0 Å². The third-order valence-electron chi connectivity index (χ3n) is 0. The second kappa shape index (κ2) is 9.01. The summed E-state index contributed by atoms with van der Waals surface area (Å²) in [6.45, 7) is 0. The summed E-state index contributed by atoms with van der Waals surface area (Å²) in [4.78, 5) is 51.3. The molecular weight excluding hydrogens is 313 g/mol. The van der Waals surface area contributed by atoms with Crippen LogP contribution in [0.25, 0.3) is 0 Å². The van der Waals surface area contributed by atoms with Gasteiger partial charge in [-0.3, -0.25) is 0 Å². The molecule has 67 valence electrons. The van der Waals surface area contributed by atoms with Crippen molar-refractivity contribution < 1.29 is 59.6 Å². The van der Waals surface area contributed by atoms with E-state index in [0.29, 0.717) is 0 Å². The molecule has 0 rings (SSSR count). The van der Waals surface area contributed by atoms with Gasteiger partial charge in [0.05, 0.1) is 0 Å². The van der Waals surface area contributed by atoms with Gasteiger partial charge in [-0.2, -0.15) is 15.6 Å². The molecule has 12 heavy (non-hydrogen) atoms. The van der Waals surface area contributed by atoms with Crippen molar-refractivity contribution >= 4 is 33.0 Å². The van der Waals surface area contributed by atoms with E-state index in [1.165, 1.54) is 0 Å². The minimum absolute atomic E-state index is 0. The minimum Gasteiger partial charge on any atom is -0.822 e. The predicted molar refractivity (Wildman–Crippen MR) is 21.0 cm³/mol. The van der Waals surface area contributed by atoms with Crippen molar-refractivity contribution in [3.05, 3.63) is 0 Å². The number of hydrogen-bond acceptors (Lipinski definition) is 8. The second-order valence-electron chi connectivity index (χ2n) is 0.894. The number of hydrogen-bond donors (Lipinski definition) is 0. The molecule has 0 aromatic heterocycles. The first-order chi connectivity index (χ1) is 4.00. The van der Waals surface area contributed by atoms with Crippen LogP contribution in [0.2, 0.25) is 0 Å². The van der Waals surface area contributed by atoms with Gasteiger partial charge in [0.1, 0.15) is 0 Å². The van der Waals surface area contributed by atoms with Crippen LogP contribution < -0.4 is 29.4 Å². The van der Waals surface area contributed by atoms with E-state index in [1.54, 1.807) is 0 Å². The van der Waals surface area contributed by atoms with Gasteiger partial charge in [0.25, 0.3) is 0 Å². The molecule has 0 spiro atoms. The molecule has 12 heteroatoms. The van der Waals surface area contributed by atoms with Gasteiger partial charge >= 0.3 is 21.1 Å². The minimum atomic E-state index is -5.39. The summed E-state index contributed by atoms with van der Waals surface area (Å²) in [7, 11) is -10.8. The smallest absolute Gasteiger partial charge is 0.822 e. The van der Waals surface area contributed by atoms with E-state index in [9.17, 15) is 0 Å². The first-order valence-corrected chi connectivity index (χ1v) is 4.38. The van der Waals surface area contributed by atoms with Gasteiger partial charge in [0.15, 0.2) is 0 Å². The third kappa shape index (κ3) is 601. The molecule has 0 saturated carbocycles. The van der Waals surface area contributed by atoms with Crippen molar-refractivity contribution in [3.63, 3.8) is 0 Å². The van der Waals surface area contributed by atoms with Crippen LogP contribution in [0.5, 0.6) is 0 Å². The van der Waals surface area contributed by atoms with E-state index >= 15 is 0 Å². The van der Waals surface area contributed by atoms with Crippen molar-refractivity contribution in [1.82, 2.24) is 0 Å². The van der Waals surface area contributed by atoms with Crippen LogP contribution in [0.15, 0.2) is 0 Å². The molecule has 0 bridgehead atoms. The molecule has 3 radical (unpaired) electrons. The largest absolute Gasteiger partial charge is 6.00 e. The monoisotopic (exact) mass is 315 g/mol. The first-order valence-electron chi connectivity index (χ1n) is 1.46. The van der Waals surface area contributed by atoms with Gasteiger partial charge in [-0.25, -0.2) is 0 Å². The predicted octanol–water partition coefficient (Wildman–Crippen LogP) is -6.03. The maximum Gasteiger partial charge on any atom is 6.00 e. The summed E-state index contributed by atoms with van der Waals surface area (Å²) in [5.74, 6) is 0. The molecule has 0 aliphatic carbocycles. The van der Waals surface area contributed by atoms with Crippen molar-refractivity contribution in [2.75, 3.05) is 0 Å². The van der Waals surface area contributed by atoms with E-state index in [0.717, 1.165) is 0 Å². The Morgan fingerprint density at radius 2 is 0.667 bits per heavy atom. The quantitative estimate of drug-likeness (QED) is 0.314. The van der Waals surface area contributed by atoms with E-state index in [2.05, 4.69) is 0 Å². The van der Waals surface area contributed by atoms with Crippen LogP contribution in [-0.2, 0) is 30.2 Å². The fourth-order valence-corrected chi connectivity index (χ4v) is 0. The van der Waals surface area contributed by atoms with Gasteiger partial charge in [-0.1, -0.05) is 0 Å².